The highest BCUT2D eigenvalue weighted by Crippen LogP contribution is 2.09. The van der Waals surface area contributed by atoms with Gasteiger partial charge in [-0.05, 0) is 18.6 Å². The maximum Gasteiger partial charge on any atom is 0.247 e. The van der Waals surface area contributed by atoms with Crippen LogP contribution in [0.4, 0.5) is 0 Å². The first-order chi connectivity index (χ1) is 9.61. The summed E-state index contributed by atoms with van der Waals surface area (Å²) in [5.74, 6) is -1.62. The molecule has 1 atom stereocenters. The zero-order valence-corrected chi connectivity index (χ0v) is 12.6. The molecule has 2 amide bonds. The summed E-state index contributed by atoms with van der Waals surface area (Å²) >= 11 is 4.96. The summed E-state index contributed by atoms with van der Waals surface area (Å²) in [7, 11) is 0. The number of aliphatic imine (C=N–C) groups is 1. The Morgan fingerprint density at radius 3 is 2.80 bits per heavy atom. The summed E-state index contributed by atoms with van der Waals surface area (Å²) in [6.07, 6.45) is 7.44. The van der Waals surface area contributed by atoms with Crippen LogP contribution >= 0.6 is 12.2 Å². The monoisotopic (exact) mass is 295 g/mol. The second kappa shape index (κ2) is 8.58. The third-order valence-electron chi connectivity index (χ3n) is 3.00. The van der Waals surface area contributed by atoms with Crippen LogP contribution in [0.2, 0.25) is 0 Å². The van der Waals surface area contributed by atoms with Crippen LogP contribution in [0, 0.1) is 5.92 Å². The fourth-order valence-electron chi connectivity index (χ4n) is 1.87. The average Bonchev–Trinajstić information content (AvgIpc) is 2.41. The van der Waals surface area contributed by atoms with Gasteiger partial charge >= 0.3 is 0 Å². The van der Waals surface area contributed by atoms with Crippen LogP contribution in [-0.4, -0.2) is 41.1 Å². The largest absolute Gasteiger partial charge is 0.302 e. The molecule has 0 aliphatic carbocycles. The predicted octanol–water partition coefficient (Wildman–Crippen LogP) is 1.68. The normalized spacial score (nSPS) is 19.6. The highest BCUT2D eigenvalue weighted by molar-refractivity contribution is 7.80. The lowest BCUT2D eigenvalue weighted by Gasteiger charge is -2.29. The van der Waals surface area contributed by atoms with E-state index < -0.39 is 11.8 Å². The number of nitrogens with one attached hydrogen (secondary N) is 1. The summed E-state index contributed by atoms with van der Waals surface area (Å²) in [5, 5.41) is 2.65. The lowest BCUT2D eigenvalue weighted by Crippen LogP contribution is -2.58. The first kappa shape index (κ1) is 16.5. The van der Waals surface area contributed by atoms with E-state index in [-0.39, 0.29) is 11.0 Å². The Bertz CT molecular complexity index is 421. The van der Waals surface area contributed by atoms with E-state index in [0.29, 0.717) is 13.1 Å². The van der Waals surface area contributed by atoms with E-state index in [9.17, 15) is 9.59 Å². The van der Waals surface area contributed by atoms with Crippen LogP contribution in [-0.2, 0) is 9.59 Å². The lowest BCUT2D eigenvalue weighted by atomic mass is 10.1. The Kier molecular flexibility index (Phi) is 7.08. The van der Waals surface area contributed by atoms with Crippen LogP contribution in [0.25, 0.3) is 0 Å². The second-order valence-corrected chi connectivity index (χ2v) is 5.01. The van der Waals surface area contributed by atoms with Gasteiger partial charge in [-0.25, -0.2) is 0 Å². The van der Waals surface area contributed by atoms with E-state index in [1.807, 2.05) is 0 Å². The van der Waals surface area contributed by atoms with Crippen molar-refractivity contribution < 1.29 is 9.59 Å². The lowest BCUT2D eigenvalue weighted by molar-refractivity contribution is -0.137. The number of hydrogen-bond donors (Lipinski definition) is 1. The highest BCUT2D eigenvalue weighted by atomic mass is 32.1. The number of rotatable bonds is 8. The molecule has 1 fully saturated rings. The van der Waals surface area contributed by atoms with Crippen LogP contribution in [0.3, 0.4) is 0 Å². The first-order valence-electron chi connectivity index (χ1n) is 6.88. The standard InChI is InChI=1S/C14H21N3O2S/c1-3-5-6-7-8-15-10-11-12(18)16-14(20)17(9-4-2)13(11)19/h4,10-11H,2-3,5-9H2,1H3,(H,16,18,20). The summed E-state index contributed by atoms with van der Waals surface area (Å²) < 4.78 is 0. The van der Waals surface area contributed by atoms with Crippen molar-refractivity contribution in [3.05, 3.63) is 12.7 Å². The molecule has 0 radical (unpaired) electrons. The molecular weight excluding hydrogens is 274 g/mol. The van der Waals surface area contributed by atoms with Gasteiger partial charge in [-0.15, -0.1) is 6.58 Å². The van der Waals surface area contributed by atoms with E-state index in [2.05, 4.69) is 23.8 Å². The maximum atomic E-state index is 12.1. The molecule has 1 aliphatic rings. The van der Waals surface area contributed by atoms with Crippen molar-refractivity contribution in [2.24, 2.45) is 10.9 Å². The van der Waals surface area contributed by atoms with Gasteiger partial charge in [-0.1, -0.05) is 32.3 Å². The molecule has 6 heteroatoms. The van der Waals surface area contributed by atoms with Crippen molar-refractivity contribution in [1.82, 2.24) is 10.2 Å². The summed E-state index contributed by atoms with van der Waals surface area (Å²) in [4.78, 5) is 29.4. The van der Waals surface area contributed by atoms with Crippen LogP contribution in [0.1, 0.15) is 32.6 Å². The summed E-state index contributed by atoms with van der Waals surface area (Å²) in [6.45, 7) is 6.65. The molecule has 1 saturated heterocycles. The van der Waals surface area contributed by atoms with Crippen molar-refractivity contribution in [1.29, 1.82) is 0 Å². The van der Waals surface area contributed by atoms with Crippen LogP contribution < -0.4 is 5.32 Å². The zero-order valence-electron chi connectivity index (χ0n) is 11.8. The molecule has 1 heterocycles. The van der Waals surface area contributed by atoms with Crippen LogP contribution in [0.15, 0.2) is 17.6 Å². The first-order valence-corrected chi connectivity index (χ1v) is 7.29. The van der Waals surface area contributed by atoms with Gasteiger partial charge in [-0.3, -0.25) is 19.5 Å². The summed E-state index contributed by atoms with van der Waals surface area (Å²) in [5.41, 5.74) is 0. The quantitative estimate of drug-likeness (QED) is 0.244. The molecule has 110 valence electrons. The summed E-state index contributed by atoms with van der Waals surface area (Å²) in [6, 6.07) is 0. The molecule has 5 nitrogen and oxygen atoms in total. The van der Waals surface area contributed by atoms with E-state index in [1.54, 1.807) is 6.08 Å². The van der Waals surface area contributed by atoms with E-state index in [1.165, 1.54) is 24.0 Å². The van der Waals surface area contributed by atoms with Gasteiger partial charge in [0, 0.05) is 19.3 Å². The fraction of sp³-hybridized carbons (Fsp3) is 0.571. The fourth-order valence-corrected chi connectivity index (χ4v) is 2.14. The van der Waals surface area contributed by atoms with E-state index in [4.69, 9.17) is 12.2 Å². The predicted molar refractivity (Wildman–Crippen MR) is 83.6 cm³/mol. The molecule has 20 heavy (non-hydrogen) atoms. The van der Waals surface area contributed by atoms with Gasteiger partial charge < -0.3 is 5.32 Å². The van der Waals surface area contributed by atoms with Crippen molar-refractivity contribution in [3.8, 4) is 0 Å². The number of carbonyl (C=O) groups is 2. The van der Waals surface area contributed by atoms with Crippen molar-refractivity contribution in [2.75, 3.05) is 13.1 Å². The molecule has 0 spiro atoms. The molecule has 0 bridgehead atoms. The number of nitrogens with zero attached hydrogens (tertiary/aromatic N) is 2. The number of amides is 2. The Labute approximate surface area is 125 Å². The second-order valence-electron chi connectivity index (χ2n) is 4.63. The number of hydrogen-bond acceptors (Lipinski definition) is 4. The van der Waals surface area contributed by atoms with E-state index in [0.717, 1.165) is 12.8 Å². The molecule has 1 rings (SSSR count). The van der Waals surface area contributed by atoms with Gasteiger partial charge in [0.2, 0.25) is 11.8 Å². The van der Waals surface area contributed by atoms with E-state index >= 15 is 0 Å². The minimum atomic E-state index is -0.882. The van der Waals surface area contributed by atoms with Crippen molar-refractivity contribution >= 4 is 35.4 Å². The SMILES string of the molecule is C=CCN1C(=O)C(C=NCCCCCC)C(=O)NC1=S. The van der Waals surface area contributed by atoms with Gasteiger partial charge in [0.15, 0.2) is 11.0 Å². The molecule has 1 unspecified atom stereocenters. The number of carbonyl (C=O) groups excluding carboxylic acids is 2. The van der Waals surface area contributed by atoms with Crippen LogP contribution in [0.5, 0.6) is 0 Å². The van der Waals surface area contributed by atoms with Gasteiger partial charge in [0.1, 0.15) is 0 Å². The Morgan fingerprint density at radius 1 is 1.40 bits per heavy atom. The third kappa shape index (κ3) is 4.52. The smallest absolute Gasteiger partial charge is 0.247 e. The van der Waals surface area contributed by atoms with Crippen molar-refractivity contribution in [3.63, 3.8) is 0 Å². The zero-order chi connectivity index (χ0) is 15.0. The Balaban J connectivity index is 2.56. The molecule has 0 saturated carbocycles. The maximum absolute atomic E-state index is 12.1. The third-order valence-corrected chi connectivity index (χ3v) is 3.32. The number of thiocarbonyl (C=S) groups is 1. The molecule has 1 N–H and O–H groups in total. The van der Waals surface area contributed by atoms with Gasteiger partial charge in [0.25, 0.3) is 0 Å². The Hall–Kier alpha value is -1.56. The Morgan fingerprint density at radius 2 is 2.15 bits per heavy atom. The average molecular weight is 295 g/mol. The highest BCUT2D eigenvalue weighted by Gasteiger charge is 2.36. The number of unbranched alkanes of at least 4 members (excludes halogenated alkanes) is 3. The molecule has 0 aromatic rings. The molecule has 0 aromatic carbocycles. The van der Waals surface area contributed by atoms with Crippen molar-refractivity contribution in [2.45, 2.75) is 32.6 Å². The minimum Gasteiger partial charge on any atom is -0.302 e. The van der Waals surface area contributed by atoms with Gasteiger partial charge in [-0.2, -0.15) is 0 Å². The molecular formula is C14H21N3O2S. The minimum absolute atomic E-state index is 0.132. The van der Waals surface area contributed by atoms with Gasteiger partial charge in [0.05, 0.1) is 0 Å². The topological polar surface area (TPSA) is 61.8 Å². The molecule has 0 aromatic heterocycles. The molecule has 1 aliphatic heterocycles.